The highest BCUT2D eigenvalue weighted by Crippen LogP contribution is 2.35. The predicted molar refractivity (Wildman–Crippen MR) is 80.6 cm³/mol. The molecule has 1 aromatic rings. The molecule has 2 saturated heterocycles. The molecule has 2 aliphatic rings. The number of amides is 1. The van der Waals surface area contributed by atoms with Gasteiger partial charge in [0.2, 0.25) is 5.91 Å². The zero-order valence-electron chi connectivity index (χ0n) is 12.2. The van der Waals surface area contributed by atoms with Gasteiger partial charge in [0.1, 0.15) is 0 Å². The van der Waals surface area contributed by atoms with Gasteiger partial charge in [-0.3, -0.25) is 4.79 Å². The largest absolute Gasteiger partial charge is 0.338 e. The molecule has 1 N–H and O–H groups in total. The Bertz CT molecular complexity index is 459. The third-order valence-corrected chi connectivity index (χ3v) is 4.83. The number of nitrogens with zero attached hydrogens (tertiary/aromatic N) is 1. The number of hydrogen-bond acceptors (Lipinski definition) is 2. The highest BCUT2D eigenvalue weighted by Gasteiger charge is 2.43. The van der Waals surface area contributed by atoms with E-state index in [9.17, 15) is 4.79 Å². The molecule has 2 aliphatic heterocycles. The van der Waals surface area contributed by atoms with E-state index in [2.05, 4.69) is 40.5 Å². The van der Waals surface area contributed by atoms with Crippen molar-refractivity contribution in [3.63, 3.8) is 0 Å². The molecule has 1 amide bonds. The van der Waals surface area contributed by atoms with Gasteiger partial charge in [0.15, 0.2) is 0 Å². The lowest BCUT2D eigenvalue weighted by molar-refractivity contribution is -0.130. The Kier molecular flexibility index (Phi) is 4.06. The Labute approximate surface area is 121 Å². The van der Waals surface area contributed by atoms with Crippen LogP contribution in [0.5, 0.6) is 0 Å². The third-order valence-electron chi connectivity index (χ3n) is 4.83. The molecule has 1 aromatic carbocycles. The van der Waals surface area contributed by atoms with Crippen molar-refractivity contribution in [1.29, 1.82) is 0 Å². The number of likely N-dealkylation sites (tertiary alicyclic amines) is 1. The fourth-order valence-corrected chi connectivity index (χ4v) is 3.84. The van der Waals surface area contributed by atoms with Gasteiger partial charge in [0.25, 0.3) is 0 Å². The second-order valence-electron chi connectivity index (χ2n) is 6.09. The molecule has 2 fully saturated rings. The minimum atomic E-state index is 0.223. The van der Waals surface area contributed by atoms with Crippen molar-refractivity contribution in [2.24, 2.45) is 0 Å². The summed E-state index contributed by atoms with van der Waals surface area (Å²) in [7, 11) is 0. The number of hydrogen-bond donors (Lipinski definition) is 1. The van der Waals surface area contributed by atoms with E-state index >= 15 is 0 Å². The summed E-state index contributed by atoms with van der Waals surface area (Å²) in [4.78, 5) is 14.1. The SMILES string of the molecule is CC(=O)N1C[C@H](c2ccccc2)[C@H]2NCCCCC[C@H]21. The number of benzene rings is 1. The summed E-state index contributed by atoms with van der Waals surface area (Å²) in [6.45, 7) is 3.65. The number of rotatable bonds is 1. The zero-order chi connectivity index (χ0) is 13.9. The molecule has 0 aromatic heterocycles. The molecule has 3 nitrogen and oxygen atoms in total. The molecule has 20 heavy (non-hydrogen) atoms. The van der Waals surface area contributed by atoms with Gasteiger partial charge in [0, 0.05) is 31.5 Å². The first-order valence-corrected chi connectivity index (χ1v) is 7.83. The minimum absolute atomic E-state index is 0.223. The van der Waals surface area contributed by atoms with Crippen LogP contribution in [0.4, 0.5) is 0 Å². The molecule has 3 heteroatoms. The second kappa shape index (κ2) is 5.96. The van der Waals surface area contributed by atoms with Crippen LogP contribution in [-0.4, -0.2) is 36.0 Å². The summed E-state index contributed by atoms with van der Waals surface area (Å²) >= 11 is 0. The highest BCUT2D eigenvalue weighted by molar-refractivity contribution is 5.74. The van der Waals surface area contributed by atoms with E-state index in [1.54, 1.807) is 6.92 Å². The lowest BCUT2D eigenvalue weighted by atomic mass is 9.88. The monoisotopic (exact) mass is 272 g/mol. The first-order chi connectivity index (χ1) is 9.77. The molecule has 0 bridgehead atoms. The Morgan fingerprint density at radius 1 is 1.20 bits per heavy atom. The average molecular weight is 272 g/mol. The van der Waals surface area contributed by atoms with E-state index in [1.165, 1.54) is 24.8 Å². The Morgan fingerprint density at radius 2 is 2.00 bits per heavy atom. The summed E-state index contributed by atoms with van der Waals surface area (Å²) in [6.07, 6.45) is 4.91. The van der Waals surface area contributed by atoms with Gasteiger partial charge in [-0.15, -0.1) is 0 Å². The summed E-state index contributed by atoms with van der Waals surface area (Å²) in [5.74, 6) is 0.656. The first kappa shape index (κ1) is 13.6. The summed E-state index contributed by atoms with van der Waals surface area (Å²) in [5, 5.41) is 3.72. The molecule has 108 valence electrons. The summed E-state index contributed by atoms with van der Waals surface area (Å²) in [6, 6.07) is 11.5. The fourth-order valence-electron chi connectivity index (χ4n) is 3.84. The summed E-state index contributed by atoms with van der Waals surface area (Å²) < 4.78 is 0. The number of nitrogens with one attached hydrogen (secondary N) is 1. The van der Waals surface area contributed by atoms with E-state index in [0.717, 1.165) is 19.5 Å². The van der Waals surface area contributed by atoms with Crippen LogP contribution in [0.2, 0.25) is 0 Å². The van der Waals surface area contributed by atoms with E-state index in [4.69, 9.17) is 0 Å². The molecule has 0 spiro atoms. The quantitative estimate of drug-likeness (QED) is 0.852. The van der Waals surface area contributed by atoms with Gasteiger partial charge in [-0.25, -0.2) is 0 Å². The lowest BCUT2D eigenvalue weighted by Crippen LogP contribution is -2.46. The smallest absolute Gasteiger partial charge is 0.219 e. The molecule has 0 aliphatic carbocycles. The maximum Gasteiger partial charge on any atom is 0.219 e. The van der Waals surface area contributed by atoms with Crippen LogP contribution in [0.3, 0.4) is 0 Å². The Morgan fingerprint density at radius 3 is 2.75 bits per heavy atom. The van der Waals surface area contributed by atoms with Crippen LogP contribution in [-0.2, 0) is 4.79 Å². The molecule has 2 heterocycles. The normalized spacial score (nSPS) is 30.4. The predicted octanol–water partition coefficient (Wildman–Crippen LogP) is 2.53. The van der Waals surface area contributed by atoms with Crippen LogP contribution in [0.15, 0.2) is 30.3 Å². The van der Waals surface area contributed by atoms with Gasteiger partial charge < -0.3 is 10.2 Å². The number of carbonyl (C=O) groups is 1. The standard InChI is InChI=1S/C17H24N2O/c1-13(20)19-12-15(14-8-4-2-5-9-14)17-16(19)10-6-3-7-11-18-17/h2,4-5,8-9,15-18H,3,6-7,10-12H2,1H3/t15-,16-,17-/m1/s1. The minimum Gasteiger partial charge on any atom is -0.338 e. The van der Waals surface area contributed by atoms with E-state index in [1.807, 2.05) is 0 Å². The maximum absolute atomic E-state index is 12.0. The van der Waals surface area contributed by atoms with Crippen molar-refractivity contribution < 1.29 is 4.79 Å². The van der Waals surface area contributed by atoms with E-state index in [0.29, 0.717) is 18.0 Å². The van der Waals surface area contributed by atoms with Gasteiger partial charge in [-0.1, -0.05) is 43.2 Å². The van der Waals surface area contributed by atoms with Gasteiger partial charge in [-0.2, -0.15) is 0 Å². The van der Waals surface area contributed by atoms with Crippen molar-refractivity contribution in [1.82, 2.24) is 10.2 Å². The molecule has 0 saturated carbocycles. The molecule has 0 radical (unpaired) electrons. The molecule has 0 unspecified atom stereocenters. The average Bonchev–Trinajstić information content (AvgIpc) is 2.77. The lowest BCUT2D eigenvalue weighted by Gasteiger charge is -2.30. The zero-order valence-corrected chi connectivity index (χ0v) is 12.2. The van der Waals surface area contributed by atoms with Gasteiger partial charge >= 0.3 is 0 Å². The topological polar surface area (TPSA) is 32.3 Å². The van der Waals surface area contributed by atoms with Crippen molar-refractivity contribution in [2.75, 3.05) is 13.1 Å². The molecule has 3 rings (SSSR count). The van der Waals surface area contributed by atoms with Gasteiger partial charge in [0.05, 0.1) is 0 Å². The Balaban J connectivity index is 1.88. The van der Waals surface area contributed by atoms with Crippen LogP contribution >= 0.6 is 0 Å². The Hall–Kier alpha value is -1.35. The molecular weight excluding hydrogens is 248 g/mol. The first-order valence-electron chi connectivity index (χ1n) is 7.83. The van der Waals surface area contributed by atoms with Crippen LogP contribution < -0.4 is 5.32 Å². The molecule has 3 atom stereocenters. The third kappa shape index (κ3) is 2.59. The second-order valence-corrected chi connectivity index (χ2v) is 6.09. The van der Waals surface area contributed by atoms with Crippen molar-refractivity contribution in [3.8, 4) is 0 Å². The van der Waals surface area contributed by atoms with Gasteiger partial charge in [-0.05, 0) is 24.9 Å². The highest BCUT2D eigenvalue weighted by atomic mass is 16.2. The number of fused-ring (bicyclic) bond motifs is 1. The van der Waals surface area contributed by atoms with Crippen molar-refractivity contribution in [2.45, 2.75) is 50.6 Å². The van der Waals surface area contributed by atoms with Crippen molar-refractivity contribution >= 4 is 5.91 Å². The fraction of sp³-hybridized carbons (Fsp3) is 0.588. The van der Waals surface area contributed by atoms with Crippen LogP contribution in [0, 0.1) is 0 Å². The van der Waals surface area contributed by atoms with E-state index in [-0.39, 0.29) is 5.91 Å². The van der Waals surface area contributed by atoms with Crippen molar-refractivity contribution in [3.05, 3.63) is 35.9 Å². The van der Waals surface area contributed by atoms with Crippen LogP contribution in [0.25, 0.3) is 0 Å². The summed E-state index contributed by atoms with van der Waals surface area (Å²) in [5.41, 5.74) is 1.36. The molecular formula is C17H24N2O. The maximum atomic E-state index is 12.0. The number of carbonyl (C=O) groups excluding carboxylic acids is 1. The van der Waals surface area contributed by atoms with Crippen LogP contribution in [0.1, 0.15) is 44.1 Å². The van der Waals surface area contributed by atoms with E-state index < -0.39 is 0 Å².